The zero-order valence-electron chi connectivity index (χ0n) is 10.6. The Morgan fingerprint density at radius 3 is 3.06 bits per heavy atom. The van der Waals surface area contributed by atoms with Crippen LogP contribution in [-0.4, -0.2) is 41.8 Å². The molecular weight excluding hydrogens is 232 g/mol. The number of oxime groups is 1. The average molecular weight is 250 g/mol. The first kappa shape index (κ1) is 12.6. The molecule has 2 heterocycles. The van der Waals surface area contributed by atoms with Crippen LogP contribution < -0.4 is 10.6 Å². The van der Waals surface area contributed by atoms with Crippen molar-refractivity contribution in [3.05, 3.63) is 23.4 Å². The minimum absolute atomic E-state index is 0.0997. The van der Waals surface area contributed by atoms with Crippen LogP contribution in [0.15, 0.2) is 17.3 Å². The van der Waals surface area contributed by atoms with Crippen molar-refractivity contribution in [2.75, 3.05) is 24.7 Å². The van der Waals surface area contributed by atoms with E-state index in [9.17, 15) is 0 Å². The van der Waals surface area contributed by atoms with Crippen molar-refractivity contribution in [2.24, 2.45) is 10.9 Å². The molecule has 0 radical (unpaired) electrons. The Kier molecular flexibility index (Phi) is 3.66. The number of morpholine rings is 1. The summed E-state index contributed by atoms with van der Waals surface area (Å²) in [5.41, 5.74) is 7.15. The highest BCUT2D eigenvalue weighted by Crippen LogP contribution is 2.19. The van der Waals surface area contributed by atoms with Gasteiger partial charge in [0.05, 0.1) is 19.3 Å². The molecular formula is C12H18N4O2. The molecule has 98 valence electrons. The topological polar surface area (TPSA) is 84.0 Å². The number of anilines is 1. The van der Waals surface area contributed by atoms with E-state index in [2.05, 4.69) is 22.0 Å². The molecule has 0 aliphatic carbocycles. The van der Waals surface area contributed by atoms with Gasteiger partial charge in [-0.25, -0.2) is 4.98 Å². The fourth-order valence-electron chi connectivity index (χ4n) is 2.07. The van der Waals surface area contributed by atoms with Crippen LogP contribution in [0.1, 0.15) is 18.2 Å². The van der Waals surface area contributed by atoms with Gasteiger partial charge < -0.3 is 20.6 Å². The predicted octanol–water partition coefficient (Wildman–Crippen LogP) is 0.710. The number of rotatable bonds is 2. The van der Waals surface area contributed by atoms with Gasteiger partial charge in [0.25, 0.3) is 0 Å². The Morgan fingerprint density at radius 1 is 1.61 bits per heavy atom. The Hall–Kier alpha value is -1.82. The first-order valence-corrected chi connectivity index (χ1v) is 5.93. The maximum absolute atomic E-state index is 8.74. The zero-order valence-corrected chi connectivity index (χ0v) is 10.6. The number of aryl methyl sites for hydroxylation is 1. The van der Waals surface area contributed by atoms with E-state index in [0.29, 0.717) is 18.8 Å². The summed E-state index contributed by atoms with van der Waals surface area (Å²) in [6.07, 6.45) is 0. The van der Waals surface area contributed by atoms with Crippen LogP contribution in [0.2, 0.25) is 0 Å². The van der Waals surface area contributed by atoms with Crippen LogP contribution in [0.5, 0.6) is 0 Å². The van der Waals surface area contributed by atoms with Gasteiger partial charge in [-0.15, -0.1) is 0 Å². The van der Waals surface area contributed by atoms with Gasteiger partial charge >= 0.3 is 0 Å². The van der Waals surface area contributed by atoms with Gasteiger partial charge in [-0.3, -0.25) is 0 Å². The molecule has 1 aromatic rings. The molecule has 6 nitrogen and oxygen atoms in total. The van der Waals surface area contributed by atoms with Gasteiger partial charge in [-0.1, -0.05) is 5.16 Å². The standard InChI is InChI=1S/C12H18N4O2/c1-8-5-10(12(13)15-17)6-11(14-8)16-3-4-18-7-9(16)2/h5-6,9,17H,3-4,7H2,1-2H3,(H2,13,15). The third kappa shape index (κ3) is 2.53. The lowest BCUT2D eigenvalue weighted by molar-refractivity contribution is 0.0985. The van der Waals surface area contributed by atoms with E-state index in [-0.39, 0.29) is 11.9 Å². The van der Waals surface area contributed by atoms with E-state index in [1.807, 2.05) is 13.0 Å². The second-order valence-corrected chi connectivity index (χ2v) is 4.46. The van der Waals surface area contributed by atoms with Crippen molar-refractivity contribution in [3.8, 4) is 0 Å². The SMILES string of the molecule is Cc1cc(/C(N)=N/O)cc(N2CCOCC2C)n1. The highest BCUT2D eigenvalue weighted by molar-refractivity contribution is 5.97. The molecule has 1 aromatic heterocycles. The molecule has 0 amide bonds. The summed E-state index contributed by atoms with van der Waals surface area (Å²) in [5, 5.41) is 11.8. The van der Waals surface area contributed by atoms with Crippen LogP contribution in [0.25, 0.3) is 0 Å². The summed E-state index contributed by atoms with van der Waals surface area (Å²) >= 11 is 0. The van der Waals surface area contributed by atoms with Gasteiger partial charge in [0, 0.05) is 17.8 Å². The second kappa shape index (κ2) is 5.22. The summed E-state index contributed by atoms with van der Waals surface area (Å²) in [6, 6.07) is 3.90. The fraction of sp³-hybridized carbons (Fsp3) is 0.500. The molecule has 1 atom stereocenters. The lowest BCUT2D eigenvalue weighted by atomic mass is 10.2. The average Bonchev–Trinajstić information content (AvgIpc) is 2.37. The minimum atomic E-state index is 0.0997. The summed E-state index contributed by atoms with van der Waals surface area (Å²) < 4.78 is 5.40. The molecule has 1 unspecified atom stereocenters. The molecule has 2 rings (SSSR count). The lowest BCUT2D eigenvalue weighted by Gasteiger charge is -2.34. The van der Waals surface area contributed by atoms with E-state index in [1.165, 1.54) is 0 Å². The van der Waals surface area contributed by atoms with Crippen molar-refractivity contribution < 1.29 is 9.94 Å². The van der Waals surface area contributed by atoms with Crippen LogP contribution in [0.3, 0.4) is 0 Å². The van der Waals surface area contributed by atoms with Crippen LogP contribution >= 0.6 is 0 Å². The van der Waals surface area contributed by atoms with E-state index in [4.69, 9.17) is 15.7 Å². The molecule has 1 aliphatic rings. The summed E-state index contributed by atoms with van der Waals surface area (Å²) in [5.74, 6) is 0.940. The quantitative estimate of drug-likeness (QED) is 0.349. The first-order chi connectivity index (χ1) is 8.61. The van der Waals surface area contributed by atoms with Crippen molar-refractivity contribution >= 4 is 11.7 Å². The van der Waals surface area contributed by atoms with E-state index in [1.54, 1.807) is 6.07 Å². The molecule has 3 N–H and O–H groups in total. The maximum atomic E-state index is 8.74. The van der Waals surface area contributed by atoms with Crippen molar-refractivity contribution in [3.63, 3.8) is 0 Å². The number of hydrogen-bond acceptors (Lipinski definition) is 5. The smallest absolute Gasteiger partial charge is 0.170 e. The van der Waals surface area contributed by atoms with Gasteiger partial charge in [0.2, 0.25) is 0 Å². The van der Waals surface area contributed by atoms with Crippen LogP contribution in [0, 0.1) is 6.92 Å². The largest absolute Gasteiger partial charge is 0.409 e. The van der Waals surface area contributed by atoms with Crippen molar-refractivity contribution in [1.29, 1.82) is 0 Å². The van der Waals surface area contributed by atoms with Crippen LogP contribution in [0.4, 0.5) is 5.82 Å². The third-order valence-electron chi connectivity index (χ3n) is 3.01. The van der Waals surface area contributed by atoms with E-state index < -0.39 is 0 Å². The molecule has 0 aromatic carbocycles. The molecule has 0 saturated carbocycles. The molecule has 1 aliphatic heterocycles. The predicted molar refractivity (Wildman–Crippen MR) is 69.1 cm³/mol. The first-order valence-electron chi connectivity index (χ1n) is 5.93. The molecule has 6 heteroatoms. The molecule has 0 spiro atoms. The number of amidine groups is 1. The molecule has 18 heavy (non-hydrogen) atoms. The van der Waals surface area contributed by atoms with E-state index >= 15 is 0 Å². The van der Waals surface area contributed by atoms with Gasteiger partial charge in [0.1, 0.15) is 5.82 Å². The maximum Gasteiger partial charge on any atom is 0.170 e. The third-order valence-corrected chi connectivity index (χ3v) is 3.01. The molecule has 0 bridgehead atoms. The summed E-state index contributed by atoms with van der Waals surface area (Å²) in [4.78, 5) is 6.67. The summed E-state index contributed by atoms with van der Waals surface area (Å²) in [7, 11) is 0. The fourth-order valence-corrected chi connectivity index (χ4v) is 2.07. The Balaban J connectivity index is 2.35. The number of hydrogen-bond donors (Lipinski definition) is 2. The molecule has 1 fully saturated rings. The highest BCUT2D eigenvalue weighted by Gasteiger charge is 2.21. The van der Waals surface area contributed by atoms with Crippen molar-refractivity contribution in [2.45, 2.75) is 19.9 Å². The second-order valence-electron chi connectivity index (χ2n) is 4.46. The highest BCUT2D eigenvalue weighted by atomic mass is 16.5. The number of pyridine rings is 1. The summed E-state index contributed by atoms with van der Waals surface area (Å²) in [6.45, 7) is 6.16. The lowest BCUT2D eigenvalue weighted by Crippen LogP contribution is -2.44. The number of nitrogens with zero attached hydrogens (tertiary/aromatic N) is 3. The minimum Gasteiger partial charge on any atom is -0.409 e. The van der Waals surface area contributed by atoms with Gasteiger partial charge in [-0.2, -0.15) is 0 Å². The Labute approximate surface area is 106 Å². The van der Waals surface area contributed by atoms with Crippen molar-refractivity contribution in [1.82, 2.24) is 4.98 Å². The molecule has 1 saturated heterocycles. The Bertz CT molecular complexity index is 461. The Morgan fingerprint density at radius 2 is 2.39 bits per heavy atom. The van der Waals surface area contributed by atoms with Gasteiger partial charge in [0.15, 0.2) is 5.84 Å². The number of nitrogens with two attached hydrogens (primary N) is 1. The zero-order chi connectivity index (χ0) is 13.1. The van der Waals surface area contributed by atoms with Gasteiger partial charge in [-0.05, 0) is 26.0 Å². The number of aromatic nitrogens is 1. The van der Waals surface area contributed by atoms with Crippen LogP contribution in [-0.2, 0) is 4.74 Å². The monoisotopic (exact) mass is 250 g/mol. The normalized spacial score (nSPS) is 21.1. The number of ether oxygens (including phenoxy) is 1. The van der Waals surface area contributed by atoms with E-state index in [0.717, 1.165) is 18.1 Å².